The van der Waals surface area contributed by atoms with Crippen LogP contribution in [0.2, 0.25) is 5.02 Å². The summed E-state index contributed by atoms with van der Waals surface area (Å²) >= 11 is 6.18. The van der Waals surface area contributed by atoms with Gasteiger partial charge in [0.25, 0.3) is 5.91 Å². The van der Waals surface area contributed by atoms with Gasteiger partial charge in [-0.25, -0.2) is 10.2 Å². The molecule has 3 aromatic rings. The molecule has 3 N–H and O–H groups in total. The average Bonchev–Trinajstić information content (AvgIpc) is 2.83. The van der Waals surface area contributed by atoms with Gasteiger partial charge in [0.05, 0.1) is 18.3 Å². The number of nitrogens with zero attached hydrogens (tertiary/aromatic N) is 1. The second-order valence-electron chi connectivity index (χ2n) is 6.86. The van der Waals surface area contributed by atoms with Crippen LogP contribution in [0.15, 0.2) is 77.9 Å². The highest BCUT2D eigenvalue weighted by Crippen LogP contribution is 2.36. The molecule has 0 radical (unpaired) electrons. The van der Waals surface area contributed by atoms with E-state index in [1.54, 1.807) is 60.7 Å². The Hall–Kier alpha value is -3.88. The molecule has 1 amide bonds. The summed E-state index contributed by atoms with van der Waals surface area (Å²) in [4.78, 5) is 23.8. The second-order valence-corrected chi connectivity index (χ2v) is 7.27. The van der Waals surface area contributed by atoms with Crippen molar-refractivity contribution >= 4 is 29.7 Å². The van der Waals surface area contributed by atoms with Gasteiger partial charge in [0, 0.05) is 0 Å². The first-order valence-corrected chi connectivity index (χ1v) is 10.1. The van der Waals surface area contributed by atoms with E-state index in [9.17, 15) is 14.7 Å². The largest absolute Gasteiger partial charge is 0.493 e. The maximum absolute atomic E-state index is 13.0. The van der Waals surface area contributed by atoms with E-state index in [0.717, 1.165) is 0 Å². The Bertz CT molecular complexity index is 1110. The van der Waals surface area contributed by atoms with Crippen LogP contribution in [0.5, 0.6) is 11.5 Å². The predicted octanol–water partition coefficient (Wildman–Crippen LogP) is 3.20. The Morgan fingerprint density at radius 3 is 2.15 bits per heavy atom. The van der Waals surface area contributed by atoms with Crippen LogP contribution in [-0.2, 0) is 15.2 Å². The van der Waals surface area contributed by atoms with Crippen LogP contribution >= 0.6 is 11.6 Å². The number of hydrogen-bond donors (Lipinski definition) is 3. The summed E-state index contributed by atoms with van der Waals surface area (Å²) in [6.45, 7) is -0.586. The van der Waals surface area contributed by atoms with Crippen molar-refractivity contribution in [2.75, 3.05) is 13.7 Å². The molecule has 170 valence electrons. The summed E-state index contributed by atoms with van der Waals surface area (Å²) < 4.78 is 10.4. The number of nitrogens with one attached hydrogen (secondary N) is 1. The Balaban J connectivity index is 1.84. The fourth-order valence-electron chi connectivity index (χ4n) is 3.12. The molecule has 9 heteroatoms. The van der Waals surface area contributed by atoms with Gasteiger partial charge in [-0.15, -0.1) is 0 Å². The number of carbonyl (C=O) groups is 2. The van der Waals surface area contributed by atoms with E-state index in [4.69, 9.17) is 26.2 Å². The number of rotatable bonds is 9. The molecule has 0 aromatic heterocycles. The molecule has 0 bridgehead atoms. The lowest BCUT2D eigenvalue weighted by Crippen LogP contribution is -2.43. The van der Waals surface area contributed by atoms with Gasteiger partial charge in [0.1, 0.15) is 0 Å². The van der Waals surface area contributed by atoms with Crippen molar-refractivity contribution < 1.29 is 29.3 Å². The first-order chi connectivity index (χ1) is 15.9. The minimum atomic E-state index is -1.97. The monoisotopic (exact) mass is 468 g/mol. The molecular formula is C24H21ClN2O6. The predicted molar refractivity (Wildman–Crippen MR) is 123 cm³/mol. The molecule has 0 atom stereocenters. The van der Waals surface area contributed by atoms with Crippen LogP contribution in [0.1, 0.15) is 16.7 Å². The van der Waals surface area contributed by atoms with Crippen LogP contribution in [-0.4, -0.2) is 42.0 Å². The standard InChI is InChI=1S/C24H21ClN2O6/c1-32-20-13-16(12-19(25)22(20)33-15-21(28)29)14-26-27-23(30)24(31,17-8-4-2-5-9-17)18-10-6-3-7-11-18/h2-14,31H,15H2,1H3,(H,27,30)(H,28,29). The van der Waals surface area contributed by atoms with E-state index in [0.29, 0.717) is 16.7 Å². The van der Waals surface area contributed by atoms with Crippen molar-refractivity contribution in [1.82, 2.24) is 5.43 Å². The van der Waals surface area contributed by atoms with E-state index in [2.05, 4.69) is 10.5 Å². The quantitative estimate of drug-likeness (QED) is 0.328. The van der Waals surface area contributed by atoms with Gasteiger partial charge >= 0.3 is 5.97 Å². The number of benzene rings is 3. The van der Waals surface area contributed by atoms with Crippen LogP contribution in [0, 0.1) is 0 Å². The number of aliphatic hydroxyl groups is 1. The molecule has 0 aliphatic heterocycles. The highest BCUT2D eigenvalue weighted by atomic mass is 35.5. The molecule has 0 aliphatic rings. The maximum atomic E-state index is 13.0. The van der Waals surface area contributed by atoms with Gasteiger partial charge < -0.3 is 19.7 Å². The lowest BCUT2D eigenvalue weighted by atomic mass is 9.85. The van der Waals surface area contributed by atoms with Crippen molar-refractivity contribution in [3.05, 3.63) is 94.5 Å². The Morgan fingerprint density at radius 2 is 1.64 bits per heavy atom. The SMILES string of the molecule is COc1cc(C=NNC(=O)C(O)(c2ccccc2)c2ccccc2)cc(Cl)c1OCC(=O)O. The molecule has 0 fully saturated rings. The topological polar surface area (TPSA) is 117 Å². The molecule has 0 saturated carbocycles. The normalized spacial score (nSPS) is 11.2. The van der Waals surface area contributed by atoms with Gasteiger partial charge in [-0.2, -0.15) is 5.10 Å². The van der Waals surface area contributed by atoms with Gasteiger partial charge in [-0.05, 0) is 28.8 Å². The Morgan fingerprint density at radius 1 is 1.06 bits per heavy atom. The first-order valence-electron chi connectivity index (χ1n) is 9.75. The molecule has 33 heavy (non-hydrogen) atoms. The fraction of sp³-hybridized carbons (Fsp3) is 0.125. The van der Waals surface area contributed by atoms with Gasteiger partial charge in [0.15, 0.2) is 23.7 Å². The summed E-state index contributed by atoms with van der Waals surface area (Å²) in [5.74, 6) is -1.65. The number of carboxylic acids is 1. The van der Waals surface area contributed by atoms with Gasteiger partial charge in [-0.3, -0.25) is 4.79 Å². The number of hydrazone groups is 1. The molecule has 0 unspecified atom stereocenters. The van der Waals surface area contributed by atoms with Crippen LogP contribution in [0.3, 0.4) is 0 Å². The number of ether oxygens (including phenoxy) is 2. The number of aliphatic carboxylic acids is 1. The van der Waals surface area contributed by atoms with Crippen molar-refractivity contribution in [3.63, 3.8) is 0 Å². The Kier molecular flexibility index (Phi) is 7.66. The molecule has 0 heterocycles. The summed E-state index contributed by atoms with van der Waals surface area (Å²) in [6, 6.07) is 20.0. The van der Waals surface area contributed by atoms with Crippen molar-refractivity contribution in [2.24, 2.45) is 5.10 Å². The first kappa shape index (κ1) is 23.8. The molecule has 3 aromatic carbocycles. The van der Waals surface area contributed by atoms with E-state index in [-0.39, 0.29) is 16.5 Å². The minimum Gasteiger partial charge on any atom is -0.493 e. The zero-order chi connectivity index (χ0) is 23.8. The molecule has 3 rings (SSSR count). The molecule has 0 aliphatic carbocycles. The maximum Gasteiger partial charge on any atom is 0.341 e. The van der Waals surface area contributed by atoms with Crippen molar-refractivity contribution in [2.45, 2.75) is 5.60 Å². The number of halogens is 1. The fourth-order valence-corrected chi connectivity index (χ4v) is 3.40. The summed E-state index contributed by atoms with van der Waals surface area (Å²) in [7, 11) is 1.38. The summed E-state index contributed by atoms with van der Waals surface area (Å²) in [5.41, 5.74) is 1.61. The van der Waals surface area contributed by atoms with Crippen LogP contribution in [0.4, 0.5) is 0 Å². The second kappa shape index (κ2) is 10.6. The minimum absolute atomic E-state index is 0.0743. The number of carboxylic acid groups (broad SMARTS) is 1. The van der Waals surface area contributed by atoms with Gasteiger partial charge in [-0.1, -0.05) is 72.3 Å². The zero-order valence-electron chi connectivity index (χ0n) is 17.6. The average molecular weight is 469 g/mol. The highest BCUT2D eigenvalue weighted by molar-refractivity contribution is 6.32. The van der Waals surface area contributed by atoms with E-state index < -0.39 is 24.1 Å². The number of hydrogen-bond acceptors (Lipinski definition) is 6. The number of amides is 1. The lowest BCUT2D eigenvalue weighted by Gasteiger charge is -2.27. The number of carbonyl (C=O) groups excluding carboxylic acids is 1. The third-order valence-electron chi connectivity index (χ3n) is 4.68. The third-order valence-corrected chi connectivity index (χ3v) is 4.96. The molecule has 0 spiro atoms. The summed E-state index contributed by atoms with van der Waals surface area (Å²) in [6.07, 6.45) is 1.31. The summed E-state index contributed by atoms with van der Waals surface area (Å²) in [5, 5.41) is 24.2. The number of methoxy groups -OCH3 is 1. The zero-order valence-corrected chi connectivity index (χ0v) is 18.3. The highest BCUT2D eigenvalue weighted by Gasteiger charge is 2.39. The van der Waals surface area contributed by atoms with Crippen LogP contribution < -0.4 is 14.9 Å². The van der Waals surface area contributed by atoms with Crippen molar-refractivity contribution in [1.29, 1.82) is 0 Å². The molecule has 0 saturated heterocycles. The van der Waals surface area contributed by atoms with Gasteiger partial charge in [0.2, 0.25) is 0 Å². The molecular weight excluding hydrogens is 448 g/mol. The van der Waals surface area contributed by atoms with Crippen molar-refractivity contribution in [3.8, 4) is 11.5 Å². The Labute approximate surface area is 195 Å². The molecule has 8 nitrogen and oxygen atoms in total. The van der Waals surface area contributed by atoms with E-state index >= 15 is 0 Å². The smallest absolute Gasteiger partial charge is 0.341 e. The lowest BCUT2D eigenvalue weighted by molar-refractivity contribution is -0.139. The van der Waals surface area contributed by atoms with Crippen LogP contribution in [0.25, 0.3) is 0 Å². The van der Waals surface area contributed by atoms with E-state index in [1.165, 1.54) is 25.5 Å². The van der Waals surface area contributed by atoms with E-state index in [1.807, 2.05) is 0 Å². The third kappa shape index (κ3) is 5.49.